The molecule has 0 N–H and O–H groups in total. The summed E-state index contributed by atoms with van der Waals surface area (Å²) in [7, 11) is 0.597. The highest BCUT2D eigenvalue weighted by Gasteiger charge is 2.41. The number of ether oxygens (including phenoxy) is 3. The van der Waals surface area contributed by atoms with Crippen LogP contribution >= 0.6 is 23.2 Å². The summed E-state index contributed by atoms with van der Waals surface area (Å²) in [4.78, 5) is 31.8. The van der Waals surface area contributed by atoms with Crippen molar-refractivity contribution in [2.24, 2.45) is 0 Å². The zero-order valence-electron chi connectivity index (χ0n) is 25.9. The van der Waals surface area contributed by atoms with Gasteiger partial charge in [-0.05, 0) is 80.0 Å². The lowest BCUT2D eigenvalue weighted by molar-refractivity contribution is -0.153. The molecule has 2 atom stereocenters. The lowest BCUT2D eigenvalue weighted by atomic mass is 10.0. The first-order valence-corrected chi connectivity index (χ1v) is 17.4. The Bertz CT molecular complexity index is 1680. The molecule has 1 saturated heterocycles. The van der Waals surface area contributed by atoms with E-state index in [-0.39, 0.29) is 41.9 Å². The topological polar surface area (TPSA) is 115 Å². The number of pyridine rings is 1. The molecule has 1 amide bonds. The predicted octanol–water partition coefficient (Wildman–Crippen LogP) is 6.10. The van der Waals surface area contributed by atoms with E-state index in [1.165, 1.54) is 35.5 Å². The molecular weight excluding hydrogens is 653 g/mol. The van der Waals surface area contributed by atoms with Crippen LogP contribution in [0.5, 0.6) is 11.5 Å². The number of carbonyl (C=O) groups excluding carboxylic acids is 2. The molecule has 1 aliphatic carbocycles. The van der Waals surface area contributed by atoms with Crippen LogP contribution in [0, 0.1) is 0 Å². The van der Waals surface area contributed by atoms with Crippen molar-refractivity contribution in [1.82, 2.24) is 14.2 Å². The van der Waals surface area contributed by atoms with E-state index in [9.17, 15) is 18.0 Å². The number of amides is 1. The molecule has 5 rings (SSSR count). The minimum atomic E-state index is -4.14. The van der Waals surface area contributed by atoms with E-state index in [0.717, 1.165) is 30.0 Å². The molecule has 246 valence electrons. The van der Waals surface area contributed by atoms with Crippen LogP contribution in [0.2, 0.25) is 10.0 Å². The number of hydrogen-bond acceptors (Lipinski definition) is 8. The van der Waals surface area contributed by atoms with Gasteiger partial charge < -0.3 is 19.1 Å². The Morgan fingerprint density at radius 3 is 2.39 bits per heavy atom. The van der Waals surface area contributed by atoms with E-state index in [0.29, 0.717) is 39.1 Å². The third kappa shape index (κ3) is 7.43. The van der Waals surface area contributed by atoms with Crippen LogP contribution in [0.3, 0.4) is 0 Å². The van der Waals surface area contributed by atoms with E-state index in [1.54, 1.807) is 45.5 Å². The summed E-state index contributed by atoms with van der Waals surface area (Å²) < 4.78 is 46.8. The van der Waals surface area contributed by atoms with Crippen LogP contribution in [0.15, 0.2) is 59.8 Å². The molecule has 2 heterocycles. The number of benzene rings is 2. The summed E-state index contributed by atoms with van der Waals surface area (Å²) >= 11 is 13.0. The average molecular weight is 691 g/mol. The molecule has 2 fully saturated rings. The molecule has 1 aliphatic heterocycles. The third-order valence-electron chi connectivity index (χ3n) is 8.33. The van der Waals surface area contributed by atoms with Gasteiger partial charge in [0.15, 0.2) is 11.5 Å². The lowest BCUT2D eigenvalue weighted by Crippen LogP contribution is -2.42. The summed E-state index contributed by atoms with van der Waals surface area (Å²) in [6.07, 6.45) is 6.97. The van der Waals surface area contributed by atoms with Crippen molar-refractivity contribution in [2.45, 2.75) is 68.1 Å². The Balaban J connectivity index is 1.45. The van der Waals surface area contributed by atoms with E-state index in [1.807, 2.05) is 0 Å². The number of esters is 1. The van der Waals surface area contributed by atoms with Gasteiger partial charge in [-0.1, -0.05) is 35.3 Å². The Kier molecular flexibility index (Phi) is 10.8. The maximum Gasteiger partial charge on any atom is 0.325 e. The van der Waals surface area contributed by atoms with Crippen LogP contribution in [0.4, 0.5) is 0 Å². The number of carbonyl (C=O) groups is 2. The highest BCUT2D eigenvalue weighted by atomic mass is 35.5. The van der Waals surface area contributed by atoms with E-state index in [4.69, 9.17) is 37.4 Å². The SMILES string of the molecule is COc1ccc(C(Cc2c(Cl)cncc2Cl)OC(=O)[C@@H]2CCCN2S(=O)(=O)c2cccc(C(=O)N(C)C)c2)cc1OC1CCCC1. The van der Waals surface area contributed by atoms with E-state index in [2.05, 4.69) is 4.98 Å². The number of hydrogen-bond donors (Lipinski definition) is 0. The Morgan fingerprint density at radius 1 is 1.00 bits per heavy atom. The van der Waals surface area contributed by atoms with Crippen LogP contribution in [-0.2, 0) is 26.0 Å². The molecule has 46 heavy (non-hydrogen) atoms. The molecule has 13 heteroatoms. The second kappa shape index (κ2) is 14.6. The monoisotopic (exact) mass is 689 g/mol. The van der Waals surface area contributed by atoms with Gasteiger partial charge in [0.05, 0.1) is 28.2 Å². The van der Waals surface area contributed by atoms with Crippen molar-refractivity contribution in [3.05, 3.63) is 81.6 Å². The predicted molar refractivity (Wildman–Crippen MR) is 174 cm³/mol. The number of aromatic nitrogens is 1. The number of nitrogens with zero attached hydrogens (tertiary/aromatic N) is 3. The lowest BCUT2D eigenvalue weighted by Gasteiger charge is -2.27. The van der Waals surface area contributed by atoms with Gasteiger partial charge in [-0.3, -0.25) is 14.6 Å². The fourth-order valence-corrected chi connectivity index (χ4v) is 8.09. The zero-order chi connectivity index (χ0) is 33.0. The molecule has 2 aliphatic rings. The summed E-state index contributed by atoms with van der Waals surface area (Å²) in [6.45, 7) is 0.128. The smallest absolute Gasteiger partial charge is 0.325 e. The first-order valence-electron chi connectivity index (χ1n) is 15.2. The van der Waals surface area contributed by atoms with Crippen molar-refractivity contribution in [2.75, 3.05) is 27.7 Å². The van der Waals surface area contributed by atoms with Crippen molar-refractivity contribution >= 4 is 45.1 Å². The number of methoxy groups -OCH3 is 1. The van der Waals surface area contributed by atoms with Gasteiger partial charge >= 0.3 is 5.97 Å². The summed E-state index contributed by atoms with van der Waals surface area (Å²) in [5.41, 5.74) is 1.36. The molecule has 0 radical (unpaired) electrons. The highest BCUT2D eigenvalue weighted by molar-refractivity contribution is 7.89. The van der Waals surface area contributed by atoms with Gasteiger partial charge in [0, 0.05) is 45.0 Å². The fraction of sp³-hybridized carbons (Fsp3) is 0.424. The maximum atomic E-state index is 13.9. The first kappa shape index (κ1) is 34.0. The molecule has 3 aromatic rings. The molecule has 1 saturated carbocycles. The second-order valence-corrected chi connectivity index (χ2v) is 14.4. The number of halogens is 2. The molecule has 1 aromatic heterocycles. The largest absolute Gasteiger partial charge is 0.493 e. The molecule has 1 unspecified atom stereocenters. The van der Waals surface area contributed by atoms with Crippen LogP contribution < -0.4 is 9.47 Å². The van der Waals surface area contributed by atoms with Crippen LogP contribution in [0.25, 0.3) is 0 Å². The van der Waals surface area contributed by atoms with Crippen LogP contribution in [-0.4, -0.2) is 74.4 Å². The fourth-order valence-electron chi connectivity index (χ4n) is 5.88. The first-order chi connectivity index (χ1) is 22.0. The zero-order valence-corrected chi connectivity index (χ0v) is 28.3. The second-order valence-electron chi connectivity index (χ2n) is 11.6. The van der Waals surface area contributed by atoms with Gasteiger partial charge in [0.2, 0.25) is 10.0 Å². The summed E-state index contributed by atoms with van der Waals surface area (Å²) in [5, 5.41) is 0.614. The van der Waals surface area contributed by atoms with Gasteiger partial charge in [0.25, 0.3) is 5.91 Å². The van der Waals surface area contributed by atoms with Gasteiger partial charge in [-0.15, -0.1) is 0 Å². The number of sulfonamides is 1. The molecular formula is C33H37Cl2N3O7S. The quantitative estimate of drug-likeness (QED) is 0.222. The number of rotatable bonds is 11. The van der Waals surface area contributed by atoms with Gasteiger partial charge in [-0.25, -0.2) is 8.42 Å². The average Bonchev–Trinajstić information content (AvgIpc) is 3.75. The minimum Gasteiger partial charge on any atom is -0.493 e. The Hall–Kier alpha value is -3.38. The Labute approximate surface area is 279 Å². The molecule has 10 nitrogen and oxygen atoms in total. The maximum absolute atomic E-state index is 13.9. The van der Waals surface area contributed by atoms with Crippen molar-refractivity contribution in [1.29, 1.82) is 0 Å². The van der Waals surface area contributed by atoms with Gasteiger partial charge in [0.1, 0.15) is 12.1 Å². The van der Waals surface area contributed by atoms with Gasteiger partial charge in [-0.2, -0.15) is 4.31 Å². The normalized spacial score (nSPS) is 17.9. The van der Waals surface area contributed by atoms with Crippen LogP contribution in [0.1, 0.15) is 66.1 Å². The Morgan fingerprint density at radius 2 is 1.72 bits per heavy atom. The van der Waals surface area contributed by atoms with E-state index >= 15 is 0 Å². The third-order valence-corrected chi connectivity index (χ3v) is 10.9. The van der Waals surface area contributed by atoms with Crippen molar-refractivity contribution in [3.8, 4) is 11.5 Å². The van der Waals surface area contributed by atoms with Crippen molar-refractivity contribution < 1.29 is 32.2 Å². The highest BCUT2D eigenvalue weighted by Crippen LogP contribution is 2.38. The molecule has 0 bridgehead atoms. The minimum absolute atomic E-state index is 0.0537. The summed E-state index contributed by atoms with van der Waals surface area (Å²) in [6, 6.07) is 10.1. The molecule has 2 aromatic carbocycles. The standard InChI is InChI=1S/C33H37Cl2N3O7S/c1-37(2)32(39)22-8-6-11-24(16-22)46(41,42)38-15-7-12-28(38)33(40)45-30(18-25-26(34)19-36-20-27(25)35)21-13-14-29(43-3)31(17-21)44-23-9-4-5-10-23/h6,8,11,13-14,16-17,19-20,23,28,30H,4-5,7,9-10,12,15,18H2,1-3H3/t28-,30?/m0/s1. The van der Waals surface area contributed by atoms with Crippen molar-refractivity contribution in [3.63, 3.8) is 0 Å². The molecule has 0 spiro atoms. The summed E-state index contributed by atoms with van der Waals surface area (Å²) in [5.74, 6) is 0.0318. The van der Waals surface area contributed by atoms with E-state index < -0.39 is 28.1 Å².